The Kier molecular flexibility index (Phi) is 4.91. The second-order valence-corrected chi connectivity index (χ2v) is 6.40. The lowest BCUT2D eigenvalue weighted by Crippen LogP contribution is -2.41. The predicted molar refractivity (Wildman–Crippen MR) is 61.7 cm³/mol. The van der Waals surface area contributed by atoms with E-state index in [1.807, 2.05) is 0 Å². The third-order valence-corrected chi connectivity index (χ3v) is 4.86. The molecule has 0 spiro atoms. The number of hydrogen-bond donors (Lipinski definition) is 2. The number of ether oxygens (including phenoxy) is 1. The topological polar surface area (TPSA) is 92.7 Å². The van der Waals surface area contributed by atoms with Crippen LogP contribution in [-0.4, -0.2) is 44.5 Å². The Morgan fingerprint density at radius 2 is 2.18 bits per heavy atom. The molecule has 2 N–H and O–H groups in total. The first-order valence-corrected chi connectivity index (χ1v) is 7.17. The summed E-state index contributed by atoms with van der Waals surface area (Å²) in [6, 6.07) is 0. The molecule has 6 nitrogen and oxygen atoms in total. The van der Waals surface area contributed by atoms with E-state index in [0.29, 0.717) is 6.42 Å². The Hall–Kier alpha value is -0.660. The first-order chi connectivity index (χ1) is 7.88. The first kappa shape index (κ1) is 14.4. The minimum Gasteiger partial charge on any atom is -0.468 e. The Morgan fingerprint density at radius 3 is 2.65 bits per heavy atom. The largest absolute Gasteiger partial charge is 0.468 e. The van der Waals surface area contributed by atoms with E-state index >= 15 is 0 Å². The quantitative estimate of drug-likeness (QED) is 0.662. The zero-order chi connectivity index (χ0) is 13.1. The van der Waals surface area contributed by atoms with Crippen LogP contribution in [0.5, 0.6) is 0 Å². The van der Waals surface area contributed by atoms with Crippen molar-refractivity contribution in [1.29, 1.82) is 0 Å². The lowest BCUT2D eigenvalue weighted by molar-refractivity contribution is -0.139. The lowest BCUT2D eigenvalue weighted by atomic mass is 10.1. The summed E-state index contributed by atoms with van der Waals surface area (Å²) in [6.07, 6.45) is 1.96. The molecule has 0 saturated heterocycles. The molecule has 3 unspecified atom stereocenters. The maximum atomic E-state index is 11.7. The minimum atomic E-state index is -3.72. The summed E-state index contributed by atoms with van der Waals surface area (Å²) in [4.78, 5) is 11.1. The van der Waals surface area contributed by atoms with Gasteiger partial charge >= 0.3 is 5.97 Å². The molecule has 1 fully saturated rings. The van der Waals surface area contributed by atoms with Crippen molar-refractivity contribution in [3.8, 4) is 0 Å². The van der Waals surface area contributed by atoms with Gasteiger partial charge in [-0.1, -0.05) is 6.42 Å². The van der Waals surface area contributed by atoms with Crippen LogP contribution in [0.2, 0.25) is 0 Å². The number of esters is 1. The Bertz CT molecular complexity index is 367. The molecule has 17 heavy (non-hydrogen) atoms. The van der Waals surface area contributed by atoms with Gasteiger partial charge in [-0.2, -0.15) is 0 Å². The number of aliphatic hydroxyl groups excluding tert-OH is 1. The van der Waals surface area contributed by atoms with E-state index in [1.54, 1.807) is 0 Å². The molecule has 1 aliphatic rings. The van der Waals surface area contributed by atoms with E-state index < -0.39 is 27.3 Å². The van der Waals surface area contributed by atoms with Crippen molar-refractivity contribution in [2.75, 3.05) is 13.7 Å². The number of nitrogens with one attached hydrogen (secondary N) is 1. The highest BCUT2D eigenvalue weighted by atomic mass is 32.2. The van der Waals surface area contributed by atoms with E-state index in [2.05, 4.69) is 9.46 Å². The van der Waals surface area contributed by atoms with Crippen molar-refractivity contribution in [3.63, 3.8) is 0 Å². The average molecular weight is 265 g/mol. The van der Waals surface area contributed by atoms with Gasteiger partial charge in [-0.3, -0.25) is 4.79 Å². The van der Waals surface area contributed by atoms with Crippen LogP contribution >= 0.6 is 0 Å². The third-order valence-electron chi connectivity index (χ3n) is 3.16. The highest BCUT2D eigenvalue weighted by Gasteiger charge is 2.31. The molecular formula is C10H19NO5S. The van der Waals surface area contributed by atoms with Crippen LogP contribution in [0.1, 0.15) is 26.2 Å². The van der Waals surface area contributed by atoms with E-state index in [0.717, 1.165) is 20.0 Å². The summed E-state index contributed by atoms with van der Waals surface area (Å²) < 4.78 is 30.1. The maximum Gasteiger partial charge on any atom is 0.325 e. The number of carbonyl (C=O) groups is 1. The van der Waals surface area contributed by atoms with Crippen molar-refractivity contribution < 1.29 is 23.1 Å². The van der Waals surface area contributed by atoms with Gasteiger partial charge < -0.3 is 9.84 Å². The van der Waals surface area contributed by atoms with Crippen LogP contribution in [0.3, 0.4) is 0 Å². The number of aliphatic hydroxyl groups is 1. The second kappa shape index (κ2) is 5.79. The number of rotatable bonds is 5. The highest BCUT2D eigenvalue weighted by molar-refractivity contribution is 7.90. The van der Waals surface area contributed by atoms with Gasteiger partial charge in [0.2, 0.25) is 10.0 Å². The Balaban J connectivity index is 2.52. The van der Waals surface area contributed by atoms with Crippen LogP contribution < -0.4 is 4.72 Å². The molecule has 0 aliphatic heterocycles. The van der Waals surface area contributed by atoms with E-state index in [1.165, 1.54) is 6.92 Å². The van der Waals surface area contributed by atoms with Gasteiger partial charge in [-0.15, -0.1) is 0 Å². The van der Waals surface area contributed by atoms with Gasteiger partial charge in [0.1, 0.15) is 0 Å². The molecule has 0 bridgehead atoms. The zero-order valence-corrected chi connectivity index (χ0v) is 10.9. The van der Waals surface area contributed by atoms with Crippen LogP contribution in [0.15, 0.2) is 0 Å². The standard InChI is InChI=1S/C10H19NO5S/c1-7(10(13)16-2)17(14,15)11-6-8-4-3-5-9(8)12/h7-9,11-12H,3-6H2,1-2H3. The Labute approximate surface area is 101 Å². The molecule has 0 radical (unpaired) electrons. The number of hydrogen-bond acceptors (Lipinski definition) is 5. The third kappa shape index (κ3) is 3.65. The summed E-state index contributed by atoms with van der Waals surface area (Å²) in [5.41, 5.74) is 0. The summed E-state index contributed by atoms with van der Waals surface area (Å²) in [5.74, 6) is -0.848. The van der Waals surface area contributed by atoms with Gasteiger partial charge in [0, 0.05) is 6.54 Å². The fraction of sp³-hybridized carbons (Fsp3) is 0.900. The molecule has 3 atom stereocenters. The first-order valence-electron chi connectivity index (χ1n) is 5.63. The second-order valence-electron chi connectivity index (χ2n) is 4.32. The van der Waals surface area contributed by atoms with Crippen LogP contribution in [-0.2, 0) is 19.6 Å². The molecule has 0 amide bonds. The fourth-order valence-electron chi connectivity index (χ4n) is 1.90. The van der Waals surface area contributed by atoms with Crippen molar-refractivity contribution in [1.82, 2.24) is 4.72 Å². The SMILES string of the molecule is COC(=O)C(C)S(=O)(=O)NCC1CCCC1O. The zero-order valence-electron chi connectivity index (χ0n) is 10.0. The van der Waals surface area contributed by atoms with Crippen molar-refractivity contribution in [3.05, 3.63) is 0 Å². The monoisotopic (exact) mass is 265 g/mol. The van der Waals surface area contributed by atoms with Gasteiger partial charge in [0.25, 0.3) is 0 Å². The molecule has 1 aliphatic carbocycles. The molecule has 1 saturated carbocycles. The highest BCUT2D eigenvalue weighted by Crippen LogP contribution is 2.24. The number of sulfonamides is 1. The molecule has 100 valence electrons. The molecular weight excluding hydrogens is 246 g/mol. The molecule has 0 aromatic heterocycles. The molecule has 7 heteroatoms. The van der Waals surface area contributed by atoms with Gasteiger partial charge in [-0.05, 0) is 25.7 Å². The maximum absolute atomic E-state index is 11.7. The summed E-state index contributed by atoms with van der Waals surface area (Å²) in [6.45, 7) is 1.45. The smallest absolute Gasteiger partial charge is 0.325 e. The van der Waals surface area contributed by atoms with Crippen LogP contribution in [0.4, 0.5) is 0 Å². The van der Waals surface area contributed by atoms with Crippen LogP contribution in [0, 0.1) is 5.92 Å². The lowest BCUT2D eigenvalue weighted by Gasteiger charge is -2.17. The summed E-state index contributed by atoms with van der Waals surface area (Å²) in [7, 11) is -2.57. The average Bonchev–Trinajstić information content (AvgIpc) is 2.70. The van der Waals surface area contributed by atoms with E-state index in [4.69, 9.17) is 0 Å². The fourth-order valence-corrected chi connectivity index (χ4v) is 2.94. The van der Waals surface area contributed by atoms with Crippen molar-refractivity contribution >= 4 is 16.0 Å². The van der Waals surface area contributed by atoms with Gasteiger partial charge in [-0.25, -0.2) is 13.1 Å². The van der Waals surface area contributed by atoms with Crippen LogP contribution in [0.25, 0.3) is 0 Å². The van der Waals surface area contributed by atoms with Gasteiger partial charge in [0.05, 0.1) is 13.2 Å². The summed E-state index contributed by atoms with van der Waals surface area (Å²) in [5, 5.41) is 8.32. The minimum absolute atomic E-state index is 0.0605. The number of carbonyl (C=O) groups excluding carboxylic acids is 1. The number of methoxy groups -OCH3 is 1. The van der Waals surface area contributed by atoms with Gasteiger partial charge in [0.15, 0.2) is 5.25 Å². The van der Waals surface area contributed by atoms with E-state index in [9.17, 15) is 18.3 Å². The molecule has 0 aromatic rings. The Morgan fingerprint density at radius 1 is 1.53 bits per heavy atom. The molecule has 0 aromatic carbocycles. The predicted octanol–water partition coefficient (Wildman–Crippen LogP) is -0.372. The summed E-state index contributed by atoms with van der Waals surface area (Å²) >= 11 is 0. The van der Waals surface area contributed by atoms with Crippen molar-refractivity contribution in [2.24, 2.45) is 5.92 Å². The van der Waals surface area contributed by atoms with Crippen molar-refractivity contribution in [2.45, 2.75) is 37.5 Å². The molecule has 1 rings (SSSR count). The van der Waals surface area contributed by atoms with E-state index in [-0.39, 0.29) is 12.5 Å². The molecule has 0 heterocycles. The normalized spacial score (nSPS) is 26.8.